The lowest BCUT2D eigenvalue weighted by atomic mass is 10.1. The van der Waals surface area contributed by atoms with Crippen LogP contribution in [0.1, 0.15) is 31.1 Å². The largest absolute Gasteiger partial charge is 0.507 e. The van der Waals surface area contributed by atoms with Crippen molar-refractivity contribution in [3.63, 3.8) is 0 Å². The Hall–Kier alpha value is -2.50. The maximum Gasteiger partial charge on any atom is 0.412 e. The third-order valence-electron chi connectivity index (χ3n) is 2.29. The van der Waals surface area contributed by atoms with Gasteiger partial charge in [-0.15, -0.1) is 6.58 Å². The molecule has 1 aromatic carbocycles. The monoisotopic (exact) mass is 292 g/mol. The van der Waals surface area contributed by atoms with Crippen molar-refractivity contribution in [3.8, 4) is 5.75 Å². The van der Waals surface area contributed by atoms with Gasteiger partial charge in [-0.05, 0) is 32.9 Å². The van der Waals surface area contributed by atoms with E-state index in [9.17, 15) is 14.7 Å². The third kappa shape index (κ3) is 5.56. The van der Waals surface area contributed by atoms with Crippen molar-refractivity contribution in [2.45, 2.75) is 26.4 Å². The zero-order valence-electron chi connectivity index (χ0n) is 12.4. The molecule has 0 fully saturated rings. The summed E-state index contributed by atoms with van der Waals surface area (Å²) in [4.78, 5) is 23.3. The van der Waals surface area contributed by atoms with E-state index in [1.165, 1.54) is 24.3 Å². The highest BCUT2D eigenvalue weighted by molar-refractivity contribution is 5.98. The molecule has 0 unspecified atom stereocenters. The quantitative estimate of drug-likeness (QED) is 0.744. The first-order valence-electron chi connectivity index (χ1n) is 6.45. The molecule has 0 aliphatic rings. The van der Waals surface area contributed by atoms with Crippen molar-refractivity contribution < 1.29 is 19.4 Å². The van der Waals surface area contributed by atoms with Crippen LogP contribution in [-0.4, -0.2) is 29.3 Å². The average molecular weight is 292 g/mol. The molecule has 6 heteroatoms. The van der Waals surface area contributed by atoms with Crippen molar-refractivity contribution in [1.29, 1.82) is 0 Å². The van der Waals surface area contributed by atoms with Crippen LogP contribution in [0.4, 0.5) is 10.5 Å². The number of anilines is 1. The summed E-state index contributed by atoms with van der Waals surface area (Å²) in [6, 6.07) is 4.21. The molecule has 21 heavy (non-hydrogen) atoms. The molecule has 1 rings (SSSR count). The minimum atomic E-state index is -0.634. The van der Waals surface area contributed by atoms with E-state index in [0.29, 0.717) is 12.2 Å². The second-order valence-corrected chi connectivity index (χ2v) is 5.36. The molecular formula is C15H20N2O4. The highest BCUT2D eigenvalue weighted by Gasteiger charge is 2.17. The van der Waals surface area contributed by atoms with Gasteiger partial charge in [0.2, 0.25) is 0 Å². The van der Waals surface area contributed by atoms with Gasteiger partial charge in [0.1, 0.15) is 11.4 Å². The summed E-state index contributed by atoms with van der Waals surface area (Å²) >= 11 is 0. The summed E-state index contributed by atoms with van der Waals surface area (Å²) < 4.78 is 5.09. The van der Waals surface area contributed by atoms with E-state index in [1.807, 2.05) is 0 Å². The van der Waals surface area contributed by atoms with Gasteiger partial charge < -0.3 is 15.2 Å². The minimum Gasteiger partial charge on any atom is -0.507 e. The van der Waals surface area contributed by atoms with Gasteiger partial charge in [0.15, 0.2) is 0 Å². The molecule has 6 nitrogen and oxygen atoms in total. The van der Waals surface area contributed by atoms with Crippen LogP contribution in [0.2, 0.25) is 0 Å². The Labute approximate surface area is 123 Å². The molecular weight excluding hydrogens is 272 g/mol. The van der Waals surface area contributed by atoms with Gasteiger partial charge in [0.05, 0.1) is 5.56 Å². The van der Waals surface area contributed by atoms with Gasteiger partial charge in [0.25, 0.3) is 5.91 Å². The summed E-state index contributed by atoms with van der Waals surface area (Å²) in [6.45, 7) is 9.03. The SMILES string of the molecule is C=CCNC(=O)c1ccc(NC(=O)OC(C)(C)C)cc1O. The zero-order chi connectivity index (χ0) is 16.0. The van der Waals surface area contributed by atoms with Crippen LogP contribution in [0.25, 0.3) is 0 Å². The van der Waals surface area contributed by atoms with Crippen LogP contribution in [0, 0.1) is 0 Å². The van der Waals surface area contributed by atoms with E-state index >= 15 is 0 Å². The number of hydrogen-bond acceptors (Lipinski definition) is 4. The zero-order valence-corrected chi connectivity index (χ0v) is 12.4. The van der Waals surface area contributed by atoms with Gasteiger partial charge in [-0.1, -0.05) is 6.08 Å². The first-order valence-corrected chi connectivity index (χ1v) is 6.45. The maximum atomic E-state index is 11.7. The molecule has 0 saturated carbocycles. The molecule has 0 saturated heterocycles. The van der Waals surface area contributed by atoms with Gasteiger partial charge >= 0.3 is 6.09 Å². The van der Waals surface area contributed by atoms with E-state index in [2.05, 4.69) is 17.2 Å². The molecule has 0 radical (unpaired) electrons. The summed E-state index contributed by atoms with van der Waals surface area (Å²) in [6.07, 6.45) is 0.902. The summed E-state index contributed by atoms with van der Waals surface area (Å²) in [7, 11) is 0. The Morgan fingerprint density at radius 2 is 2.05 bits per heavy atom. The smallest absolute Gasteiger partial charge is 0.412 e. The number of benzene rings is 1. The summed E-state index contributed by atoms with van der Waals surface area (Å²) in [5, 5.41) is 14.9. The molecule has 114 valence electrons. The van der Waals surface area contributed by atoms with Gasteiger partial charge in [-0.3, -0.25) is 10.1 Å². The molecule has 0 atom stereocenters. The predicted octanol–water partition coefficient (Wildman–Crippen LogP) is 2.66. The molecule has 0 bridgehead atoms. The molecule has 0 spiro atoms. The lowest BCUT2D eigenvalue weighted by Crippen LogP contribution is -2.27. The number of nitrogens with one attached hydrogen (secondary N) is 2. The number of phenolic OH excluding ortho intramolecular Hbond substituents is 1. The number of amides is 2. The van der Waals surface area contributed by atoms with Crippen molar-refractivity contribution in [3.05, 3.63) is 36.4 Å². The number of ether oxygens (including phenoxy) is 1. The fourth-order valence-corrected chi connectivity index (χ4v) is 1.48. The number of carbonyl (C=O) groups excluding carboxylic acids is 2. The van der Waals surface area contributed by atoms with Gasteiger partial charge in [-0.2, -0.15) is 0 Å². The molecule has 2 amide bonds. The maximum absolute atomic E-state index is 11.7. The number of rotatable bonds is 4. The van der Waals surface area contributed by atoms with E-state index in [0.717, 1.165) is 0 Å². The standard InChI is InChI=1S/C15H20N2O4/c1-5-8-16-13(19)11-7-6-10(9-12(11)18)17-14(20)21-15(2,3)4/h5-7,9,18H,1,8H2,2-4H3,(H,16,19)(H,17,20). The van der Waals surface area contributed by atoms with E-state index in [-0.39, 0.29) is 11.3 Å². The second kappa shape index (κ2) is 6.78. The molecule has 1 aromatic rings. The van der Waals surface area contributed by atoms with Crippen LogP contribution in [0.5, 0.6) is 5.75 Å². The first-order chi connectivity index (χ1) is 9.73. The Morgan fingerprint density at radius 3 is 2.57 bits per heavy atom. The van der Waals surface area contributed by atoms with E-state index in [4.69, 9.17) is 4.74 Å². The highest BCUT2D eigenvalue weighted by atomic mass is 16.6. The first kappa shape index (κ1) is 16.6. The number of carbonyl (C=O) groups is 2. The molecule has 0 aromatic heterocycles. The number of aromatic hydroxyl groups is 1. The second-order valence-electron chi connectivity index (χ2n) is 5.36. The molecule has 0 heterocycles. The van der Waals surface area contributed by atoms with Crippen LogP contribution in [-0.2, 0) is 4.74 Å². The van der Waals surface area contributed by atoms with E-state index in [1.54, 1.807) is 20.8 Å². The van der Waals surface area contributed by atoms with Crippen LogP contribution in [0.3, 0.4) is 0 Å². The molecule has 0 aliphatic heterocycles. The number of phenols is 1. The number of hydrogen-bond donors (Lipinski definition) is 3. The fraction of sp³-hybridized carbons (Fsp3) is 0.333. The normalized spacial score (nSPS) is 10.6. The van der Waals surface area contributed by atoms with Crippen LogP contribution in [0.15, 0.2) is 30.9 Å². The lowest BCUT2D eigenvalue weighted by Gasteiger charge is -2.19. The van der Waals surface area contributed by atoms with Crippen molar-refractivity contribution in [2.75, 3.05) is 11.9 Å². The third-order valence-corrected chi connectivity index (χ3v) is 2.29. The predicted molar refractivity (Wildman–Crippen MR) is 80.5 cm³/mol. The average Bonchev–Trinajstić information content (AvgIpc) is 2.33. The molecule has 3 N–H and O–H groups in total. The van der Waals surface area contributed by atoms with Crippen LogP contribution >= 0.6 is 0 Å². The van der Waals surface area contributed by atoms with Crippen molar-refractivity contribution in [1.82, 2.24) is 5.32 Å². The van der Waals surface area contributed by atoms with Crippen molar-refractivity contribution in [2.24, 2.45) is 0 Å². The summed E-state index contributed by atoms with van der Waals surface area (Å²) in [5.74, 6) is -0.652. The Morgan fingerprint density at radius 1 is 1.38 bits per heavy atom. The lowest BCUT2D eigenvalue weighted by molar-refractivity contribution is 0.0636. The Kier molecular flexibility index (Phi) is 5.35. The Balaban J connectivity index is 2.76. The van der Waals surface area contributed by atoms with Crippen molar-refractivity contribution >= 4 is 17.7 Å². The highest BCUT2D eigenvalue weighted by Crippen LogP contribution is 2.22. The fourth-order valence-electron chi connectivity index (χ4n) is 1.48. The van der Waals surface area contributed by atoms with Gasteiger partial charge in [0, 0.05) is 18.3 Å². The summed E-state index contributed by atoms with van der Waals surface area (Å²) in [5.41, 5.74) is -0.162. The van der Waals surface area contributed by atoms with E-state index < -0.39 is 17.6 Å². The molecule has 0 aliphatic carbocycles. The Bertz CT molecular complexity index is 547. The van der Waals surface area contributed by atoms with Crippen LogP contribution < -0.4 is 10.6 Å². The topological polar surface area (TPSA) is 87.7 Å². The van der Waals surface area contributed by atoms with Gasteiger partial charge in [-0.25, -0.2) is 4.79 Å². The minimum absolute atomic E-state index is 0.117.